The first kappa shape index (κ1) is 22.9. The molecule has 2 heterocycles. The summed E-state index contributed by atoms with van der Waals surface area (Å²) in [5, 5.41) is 2.90. The molecule has 32 heavy (non-hydrogen) atoms. The lowest BCUT2D eigenvalue weighted by molar-refractivity contribution is 0.0956. The third-order valence-electron chi connectivity index (χ3n) is 4.81. The molecule has 0 unspecified atom stereocenters. The lowest BCUT2D eigenvalue weighted by Crippen LogP contribution is -2.25. The number of hydrogen-bond donors (Lipinski definition) is 1. The molecular formula is C26H28N4O2. The highest BCUT2D eigenvalue weighted by molar-refractivity contribution is 5.94. The maximum atomic E-state index is 12.5. The Morgan fingerprint density at radius 2 is 1.78 bits per heavy atom. The maximum Gasteiger partial charge on any atom is 0.253 e. The van der Waals surface area contributed by atoms with Crippen LogP contribution in [0.3, 0.4) is 0 Å². The van der Waals surface area contributed by atoms with Crippen molar-refractivity contribution < 1.29 is 4.79 Å². The SMILES string of the molecule is CC(C)=N/C=C(\C)CNC(=O)c1cncc(Cc2ccc(Cn3ccccc3=O)cc2)c1. The number of benzene rings is 1. The first-order chi connectivity index (χ1) is 15.4. The molecule has 0 aliphatic carbocycles. The summed E-state index contributed by atoms with van der Waals surface area (Å²) >= 11 is 0. The molecule has 0 radical (unpaired) electrons. The number of amides is 1. The third-order valence-corrected chi connectivity index (χ3v) is 4.81. The van der Waals surface area contributed by atoms with Gasteiger partial charge in [-0.1, -0.05) is 30.3 Å². The Morgan fingerprint density at radius 3 is 2.50 bits per heavy atom. The Kier molecular flexibility index (Phi) is 7.86. The number of pyridine rings is 2. The monoisotopic (exact) mass is 428 g/mol. The molecule has 1 N–H and O–H groups in total. The second-order valence-electron chi connectivity index (χ2n) is 7.98. The fourth-order valence-corrected chi connectivity index (χ4v) is 3.10. The average Bonchev–Trinajstić information content (AvgIpc) is 2.79. The Labute approximate surface area is 188 Å². The quantitative estimate of drug-likeness (QED) is 0.551. The second kappa shape index (κ2) is 11.0. The number of carbonyl (C=O) groups is 1. The lowest BCUT2D eigenvalue weighted by Gasteiger charge is -2.08. The number of aliphatic imine (C=N–C) groups is 1. The van der Waals surface area contributed by atoms with Gasteiger partial charge >= 0.3 is 0 Å². The molecule has 0 spiro atoms. The van der Waals surface area contributed by atoms with Gasteiger partial charge in [0.15, 0.2) is 0 Å². The van der Waals surface area contributed by atoms with Gasteiger partial charge < -0.3 is 9.88 Å². The van der Waals surface area contributed by atoms with E-state index in [0.717, 1.165) is 28.0 Å². The van der Waals surface area contributed by atoms with Gasteiger partial charge in [-0.15, -0.1) is 0 Å². The minimum absolute atomic E-state index is 0.0170. The topological polar surface area (TPSA) is 76.3 Å². The molecule has 164 valence electrons. The molecule has 1 amide bonds. The van der Waals surface area contributed by atoms with E-state index in [0.29, 0.717) is 25.1 Å². The summed E-state index contributed by atoms with van der Waals surface area (Å²) in [5.74, 6) is -0.159. The van der Waals surface area contributed by atoms with Crippen LogP contribution in [-0.4, -0.2) is 27.7 Å². The predicted octanol–water partition coefficient (Wildman–Crippen LogP) is 4.00. The number of nitrogens with one attached hydrogen (secondary N) is 1. The molecule has 0 saturated heterocycles. The summed E-state index contributed by atoms with van der Waals surface area (Å²) in [5.41, 5.74) is 5.58. The van der Waals surface area contributed by atoms with Crippen LogP contribution in [0.25, 0.3) is 0 Å². The van der Waals surface area contributed by atoms with Crippen molar-refractivity contribution in [3.8, 4) is 0 Å². The van der Waals surface area contributed by atoms with Crippen molar-refractivity contribution in [3.05, 3.63) is 112 Å². The Bertz CT molecular complexity index is 1190. The van der Waals surface area contributed by atoms with Crippen LogP contribution in [0.5, 0.6) is 0 Å². The van der Waals surface area contributed by atoms with Gasteiger partial charge in [0, 0.05) is 43.1 Å². The molecule has 2 aromatic heterocycles. The van der Waals surface area contributed by atoms with Crippen molar-refractivity contribution in [3.63, 3.8) is 0 Å². The molecule has 0 fully saturated rings. The highest BCUT2D eigenvalue weighted by Gasteiger charge is 2.08. The van der Waals surface area contributed by atoms with Crippen molar-refractivity contribution in [2.24, 2.45) is 4.99 Å². The van der Waals surface area contributed by atoms with Crippen LogP contribution in [0.15, 0.2) is 88.7 Å². The summed E-state index contributed by atoms with van der Waals surface area (Å²) in [6.45, 7) is 6.76. The highest BCUT2D eigenvalue weighted by Crippen LogP contribution is 2.12. The number of rotatable bonds is 8. The van der Waals surface area contributed by atoms with Gasteiger partial charge in [0.1, 0.15) is 0 Å². The molecule has 0 bridgehead atoms. The number of carbonyl (C=O) groups excluding carboxylic acids is 1. The molecule has 1 aromatic carbocycles. The van der Waals surface area contributed by atoms with Gasteiger partial charge in [0.25, 0.3) is 11.5 Å². The summed E-state index contributed by atoms with van der Waals surface area (Å²) in [6.07, 6.45) is 7.57. The smallest absolute Gasteiger partial charge is 0.253 e. The Hall–Kier alpha value is -3.80. The first-order valence-corrected chi connectivity index (χ1v) is 10.5. The van der Waals surface area contributed by atoms with Crippen LogP contribution in [0, 0.1) is 0 Å². The standard InChI is InChI=1S/C26H28N4O2/c1-19(2)28-14-20(3)15-29-26(32)24-13-23(16-27-17-24)12-21-7-9-22(10-8-21)18-30-11-5-4-6-25(30)31/h4-11,13-14,16-17H,12,15,18H2,1-3H3,(H,29,32)/b20-14+. The maximum absolute atomic E-state index is 12.5. The van der Waals surface area contributed by atoms with Crippen LogP contribution in [0.4, 0.5) is 0 Å². The van der Waals surface area contributed by atoms with Crippen molar-refractivity contribution in [2.75, 3.05) is 6.54 Å². The van der Waals surface area contributed by atoms with Gasteiger partial charge in [0.2, 0.25) is 0 Å². The van der Waals surface area contributed by atoms with Crippen molar-refractivity contribution in [2.45, 2.75) is 33.7 Å². The molecule has 6 nitrogen and oxygen atoms in total. The molecule has 3 aromatic rings. The van der Waals surface area contributed by atoms with Crippen LogP contribution in [-0.2, 0) is 13.0 Å². The molecular weight excluding hydrogens is 400 g/mol. The summed E-state index contributed by atoms with van der Waals surface area (Å²) < 4.78 is 1.67. The van der Waals surface area contributed by atoms with Crippen LogP contribution >= 0.6 is 0 Å². The van der Waals surface area contributed by atoms with E-state index in [9.17, 15) is 9.59 Å². The Balaban J connectivity index is 1.61. The second-order valence-corrected chi connectivity index (χ2v) is 7.98. The summed E-state index contributed by atoms with van der Waals surface area (Å²) in [6, 6.07) is 15.1. The number of nitrogens with zero attached hydrogens (tertiary/aromatic N) is 3. The van der Waals surface area contributed by atoms with E-state index in [-0.39, 0.29) is 11.5 Å². The van der Waals surface area contributed by atoms with Gasteiger partial charge in [0.05, 0.1) is 12.1 Å². The first-order valence-electron chi connectivity index (χ1n) is 10.5. The minimum atomic E-state index is -0.159. The van der Waals surface area contributed by atoms with Gasteiger partial charge in [-0.3, -0.25) is 19.6 Å². The summed E-state index contributed by atoms with van der Waals surface area (Å²) in [4.78, 5) is 32.9. The highest BCUT2D eigenvalue weighted by atomic mass is 16.1. The zero-order valence-corrected chi connectivity index (χ0v) is 18.7. The van der Waals surface area contributed by atoms with Gasteiger partial charge in [-0.2, -0.15) is 0 Å². The van der Waals surface area contributed by atoms with Crippen molar-refractivity contribution in [1.82, 2.24) is 14.9 Å². The molecule has 3 rings (SSSR count). The van der Waals surface area contributed by atoms with E-state index in [1.165, 1.54) is 0 Å². The zero-order valence-electron chi connectivity index (χ0n) is 18.7. The van der Waals surface area contributed by atoms with Gasteiger partial charge in [-0.25, -0.2) is 0 Å². The van der Waals surface area contributed by atoms with Gasteiger partial charge in [-0.05, 0) is 61.6 Å². The summed E-state index contributed by atoms with van der Waals surface area (Å²) in [7, 11) is 0. The minimum Gasteiger partial charge on any atom is -0.348 e. The van der Waals surface area contributed by atoms with E-state index in [1.807, 2.05) is 57.2 Å². The van der Waals surface area contributed by atoms with E-state index < -0.39 is 0 Å². The third kappa shape index (κ3) is 6.87. The van der Waals surface area contributed by atoms with Crippen molar-refractivity contribution >= 4 is 11.6 Å². The molecule has 0 aliphatic rings. The molecule has 0 saturated carbocycles. The molecule has 0 aliphatic heterocycles. The van der Waals surface area contributed by atoms with E-state index >= 15 is 0 Å². The zero-order chi connectivity index (χ0) is 22.9. The molecule has 6 heteroatoms. The van der Waals surface area contributed by atoms with Crippen LogP contribution in [0.1, 0.15) is 47.8 Å². The van der Waals surface area contributed by atoms with E-state index in [4.69, 9.17) is 0 Å². The number of aromatic nitrogens is 2. The van der Waals surface area contributed by atoms with Crippen LogP contribution in [0.2, 0.25) is 0 Å². The average molecular weight is 429 g/mol. The Morgan fingerprint density at radius 1 is 1.03 bits per heavy atom. The molecule has 0 atom stereocenters. The van der Waals surface area contributed by atoms with E-state index in [2.05, 4.69) is 15.3 Å². The lowest BCUT2D eigenvalue weighted by atomic mass is 10.0. The largest absolute Gasteiger partial charge is 0.348 e. The fourth-order valence-electron chi connectivity index (χ4n) is 3.10. The predicted molar refractivity (Wildman–Crippen MR) is 128 cm³/mol. The number of hydrogen-bond acceptors (Lipinski definition) is 4. The fraction of sp³-hybridized carbons (Fsp3) is 0.231. The van der Waals surface area contributed by atoms with Crippen molar-refractivity contribution in [1.29, 1.82) is 0 Å². The normalized spacial score (nSPS) is 11.2. The van der Waals surface area contributed by atoms with Crippen LogP contribution < -0.4 is 10.9 Å². The van der Waals surface area contributed by atoms with E-state index in [1.54, 1.807) is 41.5 Å².